The average molecular weight is 134 g/mol. The van der Waals surface area contributed by atoms with Crippen molar-refractivity contribution < 1.29 is 0 Å². The van der Waals surface area contributed by atoms with Crippen LogP contribution in [0.5, 0.6) is 0 Å². The third-order valence-electron chi connectivity index (χ3n) is 1.32. The molecule has 1 heterocycles. The Labute approximate surface area is 60.4 Å². The van der Waals surface area contributed by atoms with E-state index in [-0.39, 0.29) is 6.04 Å². The third kappa shape index (κ3) is 1.42. The van der Waals surface area contributed by atoms with E-state index in [0.717, 1.165) is 5.56 Å². The molecular formula is C8H10N2. The average Bonchev–Trinajstić information content (AvgIpc) is 2.05. The van der Waals surface area contributed by atoms with Crippen molar-refractivity contribution in [1.82, 2.24) is 4.98 Å². The molecule has 2 heteroatoms. The Kier molecular flexibility index (Phi) is 2.18. The minimum Gasteiger partial charge on any atom is -0.321 e. The molecule has 1 atom stereocenters. The second-order valence-corrected chi connectivity index (χ2v) is 2.05. The van der Waals surface area contributed by atoms with Crippen LogP contribution in [0.1, 0.15) is 11.6 Å². The highest BCUT2D eigenvalue weighted by Gasteiger charge is 1.97. The van der Waals surface area contributed by atoms with Crippen LogP contribution in [0.25, 0.3) is 0 Å². The summed E-state index contributed by atoms with van der Waals surface area (Å²) in [6.45, 7) is 3.58. The van der Waals surface area contributed by atoms with Gasteiger partial charge in [-0.15, -0.1) is 6.58 Å². The Morgan fingerprint density at radius 3 is 3.00 bits per heavy atom. The molecule has 1 aromatic heterocycles. The summed E-state index contributed by atoms with van der Waals surface area (Å²) in [6, 6.07) is 3.70. The molecule has 10 heavy (non-hydrogen) atoms. The zero-order valence-corrected chi connectivity index (χ0v) is 5.70. The van der Waals surface area contributed by atoms with Crippen LogP contribution in [0.4, 0.5) is 0 Å². The van der Waals surface area contributed by atoms with Gasteiger partial charge in [0.15, 0.2) is 0 Å². The molecule has 52 valence electrons. The first-order valence-electron chi connectivity index (χ1n) is 3.12. The lowest BCUT2D eigenvalue weighted by Gasteiger charge is -2.03. The number of hydrogen-bond donors (Lipinski definition) is 1. The Hall–Kier alpha value is -1.15. The summed E-state index contributed by atoms with van der Waals surface area (Å²) < 4.78 is 0. The van der Waals surface area contributed by atoms with E-state index in [1.54, 1.807) is 18.5 Å². The van der Waals surface area contributed by atoms with Crippen LogP contribution >= 0.6 is 0 Å². The van der Waals surface area contributed by atoms with Crippen LogP contribution in [0.15, 0.2) is 37.2 Å². The molecule has 0 saturated heterocycles. The van der Waals surface area contributed by atoms with Crippen molar-refractivity contribution in [3.63, 3.8) is 0 Å². The first-order valence-corrected chi connectivity index (χ1v) is 3.12. The van der Waals surface area contributed by atoms with E-state index in [9.17, 15) is 0 Å². The zero-order valence-electron chi connectivity index (χ0n) is 5.70. The van der Waals surface area contributed by atoms with Gasteiger partial charge >= 0.3 is 0 Å². The fourth-order valence-corrected chi connectivity index (χ4v) is 0.709. The SMILES string of the molecule is C=CC(N)c1cccnc1. The predicted molar refractivity (Wildman–Crippen MR) is 41.4 cm³/mol. The highest BCUT2D eigenvalue weighted by atomic mass is 14.7. The van der Waals surface area contributed by atoms with Gasteiger partial charge in [0.2, 0.25) is 0 Å². The summed E-state index contributed by atoms with van der Waals surface area (Å²) in [5, 5.41) is 0. The predicted octanol–water partition coefficient (Wildman–Crippen LogP) is 1.27. The number of pyridine rings is 1. The number of hydrogen-bond acceptors (Lipinski definition) is 2. The largest absolute Gasteiger partial charge is 0.321 e. The zero-order chi connectivity index (χ0) is 7.40. The molecule has 0 aliphatic heterocycles. The maximum absolute atomic E-state index is 5.64. The minimum absolute atomic E-state index is 0.0892. The lowest BCUT2D eigenvalue weighted by atomic mass is 10.1. The van der Waals surface area contributed by atoms with Crippen molar-refractivity contribution in [2.45, 2.75) is 6.04 Å². The van der Waals surface area contributed by atoms with Crippen molar-refractivity contribution in [1.29, 1.82) is 0 Å². The maximum atomic E-state index is 5.64. The number of nitrogens with two attached hydrogens (primary N) is 1. The summed E-state index contributed by atoms with van der Waals surface area (Å²) >= 11 is 0. The number of nitrogens with zero attached hydrogens (tertiary/aromatic N) is 1. The summed E-state index contributed by atoms with van der Waals surface area (Å²) in [4.78, 5) is 3.93. The second kappa shape index (κ2) is 3.13. The molecule has 0 saturated carbocycles. The van der Waals surface area contributed by atoms with Crippen LogP contribution in [0, 0.1) is 0 Å². The van der Waals surface area contributed by atoms with E-state index in [2.05, 4.69) is 11.6 Å². The second-order valence-electron chi connectivity index (χ2n) is 2.05. The van der Waals surface area contributed by atoms with E-state index in [1.807, 2.05) is 12.1 Å². The Balaban J connectivity index is 2.84. The van der Waals surface area contributed by atoms with Crippen LogP contribution in [0.3, 0.4) is 0 Å². The van der Waals surface area contributed by atoms with Gasteiger partial charge in [-0.2, -0.15) is 0 Å². The molecule has 0 fully saturated rings. The number of rotatable bonds is 2. The third-order valence-corrected chi connectivity index (χ3v) is 1.32. The van der Waals surface area contributed by atoms with E-state index < -0.39 is 0 Å². The van der Waals surface area contributed by atoms with Crippen LogP contribution < -0.4 is 5.73 Å². The van der Waals surface area contributed by atoms with E-state index in [1.165, 1.54) is 0 Å². The summed E-state index contributed by atoms with van der Waals surface area (Å²) in [5.74, 6) is 0. The highest BCUT2D eigenvalue weighted by Crippen LogP contribution is 2.07. The normalized spacial score (nSPS) is 12.5. The van der Waals surface area contributed by atoms with Gasteiger partial charge in [-0.05, 0) is 11.6 Å². The summed E-state index contributed by atoms with van der Waals surface area (Å²) in [7, 11) is 0. The summed E-state index contributed by atoms with van der Waals surface area (Å²) in [5.41, 5.74) is 6.63. The maximum Gasteiger partial charge on any atom is 0.0493 e. The van der Waals surface area contributed by atoms with Gasteiger partial charge < -0.3 is 5.73 Å². The molecule has 0 aliphatic carbocycles. The van der Waals surface area contributed by atoms with Gasteiger partial charge in [-0.1, -0.05) is 12.1 Å². The van der Waals surface area contributed by atoms with E-state index in [0.29, 0.717) is 0 Å². The van der Waals surface area contributed by atoms with Gasteiger partial charge in [0.25, 0.3) is 0 Å². The smallest absolute Gasteiger partial charge is 0.0493 e. The van der Waals surface area contributed by atoms with E-state index >= 15 is 0 Å². The quantitative estimate of drug-likeness (QED) is 0.618. The van der Waals surface area contributed by atoms with Crippen LogP contribution in [-0.2, 0) is 0 Å². The van der Waals surface area contributed by atoms with Crippen LogP contribution in [0.2, 0.25) is 0 Å². The van der Waals surface area contributed by atoms with Crippen molar-refractivity contribution in [3.8, 4) is 0 Å². The highest BCUT2D eigenvalue weighted by molar-refractivity contribution is 5.17. The molecule has 2 N–H and O–H groups in total. The number of aromatic nitrogens is 1. The van der Waals surface area contributed by atoms with Crippen LogP contribution in [-0.4, -0.2) is 4.98 Å². The lowest BCUT2D eigenvalue weighted by Crippen LogP contribution is -2.05. The molecule has 0 spiro atoms. The first-order chi connectivity index (χ1) is 4.84. The van der Waals surface area contributed by atoms with E-state index in [4.69, 9.17) is 5.73 Å². The topological polar surface area (TPSA) is 38.9 Å². The fraction of sp³-hybridized carbons (Fsp3) is 0.125. The van der Waals surface area contributed by atoms with Crippen molar-refractivity contribution in [3.05, 3.63) is 42.7 Å². The Bertz CT molecular complexity index is 206. The Morgan fingerprint density at radius 2 is 2.50 bits per heavy atom. The Morgan fingerprint density at radius 1 is 1.70 bits per heavy atom. The molecule has 0 aromatic carbocycles. The van der Waals surface area contributed by atoms with Crippen molar-refractivity contribution >= 4 is 0 Å². The van der Waals surface area contributed by atoms with Crippen molar-refractivity contribution in [2.75, 3.05) is 0 Å². The molecule has 0 aliphatic rings. The molecule has 0 radical (unpaired) electrons. The van der Waals surface area contributed by atoms with Crippen molar-refractivity contribution in [2.24, 2.45) is 5.73 Å². The monoisotopic (exact) mass is 134 g/mol. The first kappa shape index (κ1) is 6.96. The van der Waals surface area contributed by atoms with Gasteiger partial charge in [-0.3, -0.25) is 4.98 Å². The molecule has 1 rings (SSSR count). The standard InChI is InChI=1S/C8H10N2/c1-2-8(9)7-4-3-5-10-6-7/h2-6,8H,1,9H2. The van der Waals surface area contributed by atoms with Gasteiger partial charge in [0, 0.05) is 18.4 Å². The molecule has 0 bridgehead atoms. The molecule has 1 unspecified atom stereocenters. The molecule has 2 nitrogen and oxygen atoms in total. The molecular weight excluding hydrogens is 124 g/mol. The molecule has 0 amide bonds. The lowest BCUT2D eigenvalue weighted by molar-refractivity contribution is 0.904. The van der Waals surface area contributed by atoms with Gasteiger partial charge in [0.1, 0.15) is 0 Å². The van der Waals surface area contributed by atoms with Gasteiger partial charge in [-0.25, -0.2) is 0 Å². The minimum atomic E-state index is -0.0892. The fourth-order valence-electron chi connectivity index (χ4n) is 0.709. The molecule has 1 aromatic rings. The summed E-state index contributed by atoms with van der Waals surface area (Å²) in [6.07, 6.45) is 5.16. The van der Waals surface area contributed by atoms with Gasteiger partial charge in [0.05, 0.1) is 0 Å².